The summed E-state index contributed by atoms with van der Waals surface area (Å²) in [6.45, 7) is -1.31. The van der Waals surface area contributed by atoms with Gasteiger partial charge in [-0.1, -0.05) is 0 Å². The second kappa shape index (κ2) is 41.0. The summed E-state index contributed by atoms with van der Waals surface area (Å²) in [7, 11) is 0. The number of carbonyl (C=O) groups excluding carboxylic acids is 5. The molecule has 55 heteroatoms. The largest absolute Gasteiger partial charge is 0.479 e. The van der Waals surface area contributed by atoms with Crippen LogP contribution in [0.2, 0.25) is 0 Å². The Kier molecular flexibility index (Phi) is 33.3. The van der Waals surface area contributed by atoms with E-state index in [1.807, 2.05) is 0 Å². The van der Waals surface area contributed by atoms with Crippen LogP contribution in [0.1, 0.15) is 34.6 Å². The topological polar surface area (TPSA) is 856 Å². The van der Waals surface area contributed by atoms with Gasteiger partial charge in [0.1, 0.15) is 195 Å². The number of rotatable bonds is 30. The molecule has 9 aliphatic heterocycles. The van der Waals surface area contributed by atoms with E-state index in [1.165, 1.54) is 0 Å². The Balaban J connectivity index is 0.920. The van der Waals surface area contributed by atoms with Gasteiger partial charge in [0.2, 0.25) is 29.5 Å². The number of nitrogens with one attached hydrogen (secondary N) is 5. The molecular weight excluding hydrogens is 1640 g/mol. The Morgan fingerprint density at radius 1 is 0.227 bits per heavy atom. The predicted octanol–water partition coefficient (Wildman–Crippen LogP) is -19.5. The van der Waals surface area contributed by atoms with Crippen molar-refractivity contribution < 1.29 is 246 Å². The van der Waals surface area contributed by atoms with E-state index in [2.05, 4.69) is 26.6 Å². The molecule has 45 atom stereocenters. The lowest BCUT2D eigenvalue weighted by Gasteiger charge is -2.51. The molecule has 0 aromatic heterocycles. The van der Waals surface area contributed by atoms with E-state index >= 15 is 0 Å². The molecule has 0 aromatic carbocycles. The molecular formula is C64H99N5O50. The van der Waals surface area contributed by atoms with E-state index in [0.29, 0.717) is 0 Å². The van der Waals surface area contributed by atoms with Gasteiger partial charge < -0.3 is 230 Å². The molecule has 0 saturated carbocycles. The van der Waals surface area contributed by atoms with E-state index in [0.717, 1.165) is 34.6 Å². The van der Waals surface area contributed by atoms with Gasteiger partial charge in [-0.15, -0.1) is 0 Å². The molecule has 29 N–H and O–H groups in total. The van der Waals surface area contributed by atoms with Crippen LogP contribution in [0.25, 0.3) is 0 Å². The van der Waals surface area contributed by atoms with Gasteiger partial charge in [0.25, 0.3) is 0 Å². The minimum Gasteiger partial charge on any atom is -0.479 e. The lowest BCUT2D eigenvalue weighted by Crippen LogP contribution is -2.72. The number of aliphatic carboxylic acids is 4. The molecule has 680 valence electrons. The second-order valence-electron chi connectivity index (χ2n) is 29.0. The maximum absolute atomic E-state index is 13.3. The molecule has 0 aliphatic carbocycles. The normalized spacial score (nSPS) is 46.5. The minimum absolute atomic E-state index is 0.814. The van der Waals surface area contributed by atoms with E-state index < -0.39 is 362 Å². The third-order valence-corrected chi connectivity index (χ3v) is 20.6. The summed E-state index contributed by atoms with van der Waals surface area (Å²) in [6, 6.07) is -9.87. The van der Waals surface area contributed by atoms with Crippen molar-refractivity contribution in [3.63, 3.8) is 0 Å². The fraction of sp³-hybridized carbons (Fsp3) is 0.859. The van der Waals surface area contributed by atoms with Crippen molar-refractivity contribution in [1.82, 2.24) is 26.6 Å². The Labute approximate surface area is 668 Å². The molecule has 5 amide bonds. The number of carbonyl (C=O) groups is 9. The quantitative estimate of drug-likeness (QED) is 0.0318. The summed E-state index contributed by atoms with van der Waals surface area (Å²) in [4.78, 5) is 116. The zero-order valence-electron chi connectivity index (χ0n) is 62.9. The van der Waals surface area contributed by atoms with E-state index in [4.69, 9.17) is 80.5 Å². The first-order valence-corrected chi connectivity index (χ1v) is 36.6. The SMILES string of the molecule is CC(=O)N[C@H]1[C@H](O[C@H]2[C@H](O)[C@@H](O)[C@H](O[C@H]3[C@H](O)[C@@H](CO)O[C@@H](O[C@H]4[C@H](O)[C@@H](O)[C@H](O[C@H]5[C@H](O)[C@@H](CO)O[C@@H](O[C@H]6[C@H](O)[C@@H](O)[C@H](O[C@H]7[C@H](O)[C@@H](CO)O[C@@H](O[C@H]8[C@H](O)[C@@H](O)[C@H](O[C@H]9[C@H](O)[C@@H](CO)OC(O)[C@@H]9NC(C)=O)O[C@@H]8C(=O)O)[C@@H]7NC(C)=O)O[C@@H]6C(=O)O)[C@@H]5NC(C)=O)O[C@@H]4C(=O)O)[C@@H]3NC(C)=O)O[C@@H]2C(=O)O)O[C@H](CO)[C@@H](O)[C@@H]1O. The number of ether oxygens (including phenoxy) is 17. The molecule has 0 bridgehead atoms. The molecule has 0 spiro atoms. The van der Waals surface area contributed by atoms with Crippen molar-refractivity contribution in [3.05, 3.63) is 0 Å². The first-order valence-electron chi connectivity index (χ1n) is 36.6. The number of aliphatic hydroxyl groups is 20. The minimum atomic E-state index is -2.69. The Morgan fingerprint density at radius 2 is 0.420 bits per heavy atom. The summed E-state index contributed by atoms with van der Waals surface area (Å²) >= 11 is 0. The molecule has 9 fully saturated rings. The smallest absolute Gasteiger partial charge is 0.335 e. The van der Waals surface area contributed by atoms with Crippen LogP contribution in [0.5, 0.6) is 0 Å². The van der Waals surface area contributed by atoms with Crippen molar-refractivity contribution in [3.8, 4) is 0 Å². The number of aliphatic hydroxyl groups excluding tert-OH is 20. The van der Waals surface area contributed by atoms with Crippen LogP contribution < -0.4 is 26.6 Å². The monoisotopic (exact) mass is 1740 g/mol. The summed E-state index contributed by atoms with van der Waals surface area (Å²) in [5.41, 5.74) is 0. The Morgan fingerprint density at radius 3 is 0.647 bits per heavy atom. The van der Waals surface area contributed by atoms with Crippen LogP contribution in [0.4, 0.5) is 0 Å². The number of carboxylic acids is 4. The van der Waals surface area contributed by atoms with Crippen LogP contribution >= 0.6 is 0 Å². The maximum atomic E-state index is 13.3. The zero-order valence-corrected chi connectivity index (χ0v) is 62.9. The van der Waals surface area contributed by atoms with Gasteiger partial charge in [-0.3, -0.25) is 24.0 Å². The molecule has 0 aromatic rings. The number of hydrogen-bond donors (Lipinski definition) is 29. The fourth-order valence-corrected chi connectivity index (χ4v) is 14.9. The van der Waals surface area contributed by atoms with Gasteiger partial charge in [0, 0.05) is 34.6 Å². The first kappa shape index (κ1) is 96.6. The third-order valence-electron chi connectivity index (χ3n) is 20.6. The number of amides is 5. The lowest BCUT2D eigenvalue weighted by atomic mass is 9.93. The predicted molar refractivity (Wildman–Crippen MR) is 357 cm³/mol. The zero-order chi connectivity index (χ0) is 88.3. The van der Waals surface area contributed by atoms with Crippen molar-refractivity contribution in [2.75, 3.05) is 33.0 Å². The van der Waals surface area contributed by atoms with Crippen LogP contribution in [-0.4, -0.2) is 485 Å². The summed E-state index contributed by atoms with van der Waals surface area (Å²) in [5.74, 6) is -13.2. The molecule has 9 aliphatic rings. The highest BCUT2D eigenvalue weighted by atomic mass is 16.8. The summed E-state index contributed by atoms with van der Waals surface area (Å²) in [5, 5.41) is 276. The van der Waals surface area contributed by atoms with E-state index in [1.54, 1.807) is 0 Å². The lowest BCUT2D eigenvalue weighted by molar-refractivity contribution is -0.381. The standard InChI is InChI=1S/C64H99N5O50/c1-11(75)65-21-31(85)26(80)16(6-70)104-57(21)112-44-32(86)37(91)62(117-48(44)52(94)95)109-41-23(67-13(3)77)59(106-18(8-72)28(41)82)114-46-34(88)39(93)64(119-50(46)54(98)99)111-43-25(69-15(5)79)60(107-20(10-74)30(43)84)115-47-35(89)38(92)63(118-51(47)55(100)101)110-42-24(68-14(4)78)58(105-19(9-73)29(42)83)113-45-33(87)36(90)61(116-49(45)53(96)97)108-40-22(66-12(2)76)56(102)103-17(7-71)27(40)81/h16-51,56-64,70-74,80-93,102H,6-10H2,1-5H3,(H,65,75)(H,66,76)(H,67,77)(H,68,78)(H,69,79)(H,94,95)(H,96,97)(H,98,99)(H,100,101)/t16-,17-,18-,19-,20-,21-,22-,23-,24-,25-,26-,27-,28-,29-,30-,31-,32-,33-,34-,35-,36-,37-,38-,39-,40-,41-,42-,43-,44+,45+,46+,47+,48+,49+,50+,51+,56?,57+,58+,59+,60+,61-,62-,63-,64-/m1/s1. The third kappa shape index (κ3) is 21.2. The van der Waals surface area contributed by atoms with Gasteiger partial charge in [-0.05, 0) is 0 Å². The van der Waals surface area contributed by atoms with E-state index in [-0.39, 0.29) is 0 Å². The van der Waals surface area contributed by atoms with Crippen LogP contribution in [-0.2, 0) is 124 Å². The molecule has 119 heavy (non-hydrogen) atoms. The molecule has 9 rings (SSSR count). The highest BCUT2D eigenvalue weighted by Crippen LogP contribution is 2.41. The Hall–Kier alpha value is -6.25. The summed E-state index contributed by atoms with van der Waals surface area (Å²) < 4.78 is 96.5. The van der Waals surface area contributed by atoms with Gasteiger partial charge in [0.15, 0.2) is 81.0 Å². The van der Waals surface area contributed by atoms with Gasteiger partial charge in [-0.25, -0.2) is 19.2 Å². The fourth-order valence-electron chi connectivity index (χ4n) is 14.9. The average Bonchev–Trinajstić information content (AvgIpc) is 0.765. The van der Waals surface area contributed by atoms with Crippen LogP contribution in [0, 0.1) is 0 Å². The molecule has 1 unspecified atom stereocenters. The van der Waals surface area contributed by atoms with Crippen LogP contribution in [0.15, 0.2) is 0 Å². The maximum Gasteiger partial charge on any atom is 0.335 e. The number of carboxylic acid groups (broad SMARTS) is 4. The van der Waals surface area contributed by atoms with Crippen LogP contribution in [0.3, 0.4) is 0 Å². The second-order valence-corrected chi connectivity index (χ2v) is 29.0. The van der Waals surface area contributed by atoms with Crippen molar-refractivity contribution in [2.24, 2.45) is 0 Å². The molecule has 55 nitrogen and oxygen atoms in total. The van der Waals surface area contributed by atoms with Gasteiger partial charge >= 0.3 is 23.9 Å². The van der Waals surface area contributed by atoms with Crippen molar-refractivity contribution in [2.45, 2.75) is 311 Å². The highest BCUT2D eigenvalue weighted by Gasteiger charge is 2.63. The van der Waals surface area contributed by atoms with Crippen molar-refractivity contribution in [1.29, 1.82) is 0 Å². The first-order chi connectivity index (χ1) is 55.9. The molecule has 9 heterocycles. The van der Waals surface area contributed by atoms with E-state index in [9.17, 15) is 166 Å². The molecule has 0 radical (unpaired) electrons. The number of hydrogen-bond acceptors (Lipinski definition) is 46. The summed E-state index contributed by atoms with van der Waals surface area (Å²) in [6.07, 6.45) is -92.5. The van der Waals surface area contributed by atoms with Crippen molar-refractivity contribution >= 4 is 53.4 Å². The van der Waals surface area contributed by atoms with Gasteiger partial charge in [-0.2, -0.15) is 0 Å². The Bertz CT molecular complexity index is 3460. The average molecular weight is 1740 g/mol. The highest BCUT2D eigenvalue weighted by molar-refractivity contribution is 5.77. The van der Waals surface area contributed by atoms with Gasteiger partial charge in [0.05, 0.1) is 33.0 Å². The molecule has 9 saturated heterocycles.